The molecule has 2 nitrogen and oxygen atoms in total. The van der Waals surface area contributed by atoms with E-state index in [1.165, 1.54) is 5.56 Å². The van der Waals surface area contributed by atoms with Gasteiger partial charge < -0.3 is 10.8 Å². The van der Waals surface area contributed by atoms with Crippen LogP contribution < -0.4 is 5.73 Å². The van der Waals surface area contributed by atoms with Gasteiger partial charge in [0.15, 0.2) is 0 Å². The van der Waals surface area contributed by atoms with E-state index in [-0.39, 0.29) is 0 Å². The van der Waals surface area contributed by atoms with Gasteiger partial charge in [0.1, 0.15) is 0 Å². The molecule has 0 aliphatic carbocycles. The summed E-state index contributed by atoms with van der Waals surface area (Å²) in [4.78, 5) is 0. The Morgan fingerprint density at radius 3 is 2.50 bits per heavy atom. The predicted molar refractivity (Wildman–Crippen MR) is 59.1 cm³/mol. The molecule has 0 aromatic heterocycles. The molecule has 0 fully saturated rings. The summed E-state index contributed by atoms with van der Waals surface area (Å²) in [5, 5.41) is 9.68. The van der Waals surface area contributed by atoms with Crippen molar-refractivity contribution in [1.82, 2.24) is 0 Å². The number of aliphatic hydroxyl groups is 1. The zero-order valence-electron chi connectivity index (χ0n) is 8.74. The first-order valence-corrected chi connectivity index (χ1v) is 5.10. The summed E-state index contributed by atoms with van der Waals surface area (Å²) in [6.45, 7) is 2.12. The van der Waals surface area contributed by atoms with E-state index in [2.05, 4.69) is 12.1 Å². The largest absolute Gasteiger partial charge is 0.389 e. The molecule has 0 radical (unpaired) electrons. The van der Waals surface area contributed by atoms with Crippen LogP contribution in [-0.2, 0) is 6.42 Å². The molecule has 14 heavy (non-hydrogen) atoms. The Bertz CT molecular complexity index is 256. The SMILES string of the molecule is CC(O)(CN)CCCc1ccccc1. The molecule has 78 valence electrons. The molecule has 3 N–H and O–H groups in total. The van der Waals surface area contributed by atoms with Gasteiger partial charge in [0.2, 0.25) is 0 Å². The number of benzene rings is 1. The van der Waals surface area contributed by atoms with Gasteiger partial charge in [0.25, 0.3) is 0 Å². The Morgan fingerprint density at radius 1 is 1.29 bits per heavy atom. The average molecular weight is 193 g/mol. The Kier molecular flexibility index (Phi) is 4.11. The van der Waals surface area contributed by atoms with Crippen LogP contribution in [0.5, 0.6) is 0 Å². The smallest absolute Gasteiger partial charge is 0.0741 e. The van der Waals surface area contributed by atoms with E-state index in [1.807, 2.05) is 18.2 Å². The summed E-state index contributed by atoms with van der Waals surface area (Å²) in [6.07, 6.45) is 2.75. The Labute approximate surface area is 85.8 Å². The third-order valence-electron chi connectivity index (χ3n) is 2.46. The minimum absolute atomic E-state index is 0.335. The lowest BCUT2D eigenvalue weighted by Crippen LogP contribution is -2.34. The van der Waals surface area contributed by atoms with E-state index in [0.717, 1.165) is 19.3 Å². The number of nitrogens with two attached hydrogens (primary N) is 1. The number of aryl methyl sites for hydroxylation is 1. The first-order valence-electron chi connectivity index (χ1n) is 5.10. The molecule has 0 saturated carbocycles. The van der Waals surface area contributed by atoms with Gasteiger partial charge in [-0.25, -0.2) is 0 Å². The van der Waals surface area contributed by atoms with Gasteiger partial charge in [-0.05, 0) is 31.7 Å². The highest BCUT2D eigenvalue weighted by molar-refractivity contribution is 5.14. The monoisotopic (exact) mass is 193 g/mol. The van der Waals surface area contributed by atoms with Crippen molar-refractivity contribution in [3.63, 3.8) is 0 Å². The summed E-state index contributed by atoms with van der Waals surface area (Å²) >= 11 is 0. The Hall–Kier alpha value is -0.860. The topological polar surface area (TPSA) is 46.2 Å². The molecule has 0 aliphatic heterocycles. The van der Waals surface area contributed by atoms with Crippen molar-refractivity contribution in [2.75, 3.05) is 6.54 Å². The number of hydrogen-bond acceptors (Lipinski definition) is 2. The molecule has 1 atom stereocenters. The van der Waals surface area contributed by atoms with Gasteiger partial charge in [-0.3, -0.25) is 0 Å². The summed E-state index contributed by atoms with van der Waals surface area (Å²) in [5.74, 6) is 0. The molecule has 1 unspecified atom stereocenters. The van der Waals surface area contributed by atoms with Crippen LogP contribution in [0, 0.1) is 0 Å². The minimum atomic E-state index is -0.700. The molecule has 0 saturated heterocycles. The molecule has 0 bridgehead atoms. The normalized spacial score (nSPS) is 15.1. The average Bonchev–Trinajstić information content (AvgIpc) is 2.19. The van der Waals surface area contributed by atoms with E-state index in [1.54, 1.807) is 6.92 Å². The van der Waals surface area contributed by atoms with Crippen LogP contribution in [0.4, 0.5) is 0 Å². The molecule has 1 rings (SSSR count). The van der Waals surface area contributed by atoms with Crippen molar-refractivity contribution < 1.29 is 5.11 Å². The lowest BCUT2D eigenvalue weighted by atomic mass is 9.97. The standard InChI is InChI=1S/C12H19NO/c1-12(14,10-13)9-5-8-11-6-3-2-4-7-11/h2-4,6-7,14H,5,8-10,13H2,1H3. The minimum Gasteiger partial charge on any atom is -0.389 e. The lowest BCUT2D eigenvalue weighted by molar-refractivity contribution is 0.0580. The van der Waals surface area contributed by atoms with Crippen LogP contribution in [0.25, 0.3) is 0 Å². The second-order valence-electron chi connectivity index (χ2n) is 4.04. The van der Waals surface area contributed by atoms with Crippen LogP contribution in [0.3, 0.4) is 0 Å². The quantitative estimate of drug-likeness (QED) is 0.748. The molecule has 0 heterocycles. The second kappa shape index (κ2) is 5.13. The predicted octanol–water partition coefficient (Wildman–Crippen LogP) is 1.72. The van der Waals surface area contributed by atoms with E-state index in [9.17, 15) is 5.11 Å². The maximum absolute atomic E-state index is 9.68. The maximum Gasteiger partial charge on any atom is 0.0741 e. The molecular formula is C12H19NO. The van der Waals surface area contributed by atoms with Crippen LogP contribution >= 0.6 is 0 Å². The second-order valence-corrected chi connectivity index (χ2v) is 4.04. The molecule has 1 aromatic rings. The number of hydrogen-bond donors (Lipinski definition) is 2. The van der Waals surface area contributed by atoms with Crippen LogP contribution in [-0.4, -0.2) is 17.3 Å². The zero-order valence-corrected chi connectivity index (χ0v) is 8.74. The van der Waals surface area contributed by atoms with Gasteiger partial charge >= 0.3 is 0 Å². The molecule has 0 spiro atoms. The van der Waals surface area contributed by atoms with E-state index in [0.29, 0.717) is 6.54 Å². The van der Waals surface area contributed by atoms with Crippen molar-refractivity contribution in [2.45, 2.75) is 31.8 Å². The molecule has 0 amide bonds. The zero-order chi connectivity index (χ0) is 10.4. The fraction of sp³-hybridized carbons (Fsp3) is 0.500. The maximum atomic E-state index is 9.68. The van der Waals surface area contributed by atoms with Crippen molar-refractivity contribution >= 4 is 0 Å². The number of rotatable bonds is 5. The van der Waals surface area contributed by atoms with Crippen LogP contribution in [0.2, 0.25) is 0 Å². The summed E-state index contributed by atoms with van der Waals surface area (Å²) in [5.41, 5.74) is 6.06. The van der Waals surface area contributed by atoms with Crippen molar-refractivity contribution in [2.24, 2.45) is 5.73 Å². The molecular weight excluding hydrogens is 174 g/mol. The van der Waals surface area contributed by atoms with Crippen LogP contribution in [0.1, 0.15) is 25.3 Å². The van der Waals surface area contributed by atoms with Crippen molar-refractivity contribution in [3.8, 4) is 0 Å². The van der Waals surface area contributed by atoms with Gasteiger partial charge in [0.05, 0.1) is 5.60 Å². The lowest BCUT2D eigenvalue weighted by Gasteiger charge is -2.20. The van der Waals surface area contributed by atoms with Gasteiger partial charge in [-0.2, -0.15) is 0 Å². The van der Waals surface area contributed by atoms with E-state index < -0.39 is 5.60 Å². The molecule has 2 heteroatoms. The Balaban J connectivity index is 2.29. The Morgan fingerprint density at radius 2 is 1.93 bits per heavy atom. The van der Waals surface area contributed by atoms with Crippen molar-refractivity contribution in [1.29, 1.82) is 0 Å². The highest BCUT2D eigenvalue weighted by Crippen LogP contribution is 2.13. The fourth-order valence-corrected chi connectivity index (χ4v) is 1.42. The van der Waals surface area contributed by atoms with Crippen molar-refractivity contribution in [3.05, 3.63) is 35.9 Å². The highest BCUT2D eigenvalue weighted by atomic mass is 16.3. The van der Waals surface area contributed by atoms with Gasteiger partial charge in [-0.1, -0.05) is 30.3 Å². The summed E-state index contributed by atoms with van der Waals surface area (Å²) in [7, 11) is 0. The third kappa shape index (κ3) is 3.90. The fourth-order valence-electron chi connectivity index (χ4n) is 1.42. The van der Waals surface area contributed by atoms with Gasteiger partial charge in [-0.15, -0.1) is 0 Å². The first kappa shape index (κ1) is 11.2. The highest BCUT2D eigenvalue weighted by Gasteiger charge is 2.16. The van der Waals surface area contributed by atoms with Gasteiger partial charge in [0, 0.05) is 6.54 Å². The third-order valence-corrected chi connectivity index (χ3v) is 2.46. The summed E-state index contributed by atoms with van der Waals surface area (Å²) in [6, 6.07) is 10.3. The van der Waals surface area contributed by atoms with E-state index in [4.69, 9.17) is 5.73 Å². The summed E-state index contributed by atoms with van der Waals surface area (Å²) < 4.78 is 0. The molecule has 1 aromatic carbocycles. The van der Waals surface area contributed by atoms with Crippen LogP contribution in [0.15, 0.2) is 30.3 Å². The molecule has 0 aliphatic rings. The van der Waals surface area contributed by atoms with E-state index >= 15 is 0 Å². The first-order chi connectivity index (χ1) is 6.64.